The number of halogens is 2. The van der Waals surface area contributed by atoms with Crippen molar-refractivity contribution in [2.75, 3.05) is 6.54 Å². The van der Waals surface area contributed by atoms with E-state index in [1.165, 1.54) is 0 Å². The Morgan fingerprint density at radius 3 is 1.76 bits per heavy atom. The minimum Gasteiger partial charge on any atom is -0.355 e. The number of nitrogens with one attached hydrogen (secondary N) is 1. The third kappa shape index (κ3) is 4.48. The number of amides is 1. The molecule has 110 valence electrons. The molecule has 0 aliphatic heterocycles. The molecule has 2 rings (SSSR count). The molecule has 0 radical (unpaired) electrons. The summed E-state index contributed by atoms with van der Waals surface area (Å²) < 4.78 is 0. The second-order valence-corrected chi connectivity index (χ2v) is 5.69. The van der Waals surface area contributed by atoms with Gasteiger partial charge in [-0.05, 0) is 35.4 Å². The van der Waals surface area contributed by atoms with Gasteiger partial charge in [-0.15, -0.1) is 0 Å². The quantitative estimate of drug-likeness (QED) is 0.853. The van der Waals surface area contributed by atoms with Gasteiger partial charge in [-0.1, -0.05) is 54.4 Å². The van der Waals surface area contributed by atoms with Gasteiger partial charge in [0.05, 0.1) is 0 Å². The van der Waals surface area contributed by atoms with Gasteiger partial charge in [0.2, 0.25) is 5.91 Å². The Morgan fingerprint density at radius 2 is 1.38 bits per heavy atom. The Labute approximate surface area is 135 Å². The molecule has 0 heterocycles. The van der Waals surface area contributed by atoms with Gasteiger partial charge in [0, 0.05) is 28.9 Å². The number of carbonyl (C=O) groups excluding carboxylic acids is 1. The number of carbonyl (C=O) groups is 1. The lowest BCUT2D eigenvalue weighted by molar-refractivity contribution is -0.120. The highest BCUT2D eigenvalue weighted by Crippen LogP contribution is 2.26. The molecule has 0 atom stereocenters. The molecule has 0 saturated carbocycles. The standard InChI is InChI=1S/C17H17Cl2NO/c1-2-17(21)20-11-16(12-3-7-14(18)8-4-12)13-5-9-15(19)10-6-13/h3-10,16H,2,11H2,1H3,(H,20,21). The fourth-order valence-corrected chi connectivity index (χ4v) is 2.41. The predicted octanol–water partition coefficient (Wildman–Crippen LogP) is 4.65. The molecular formula is C17H17Cl2NO. The molecule has 0 bridgehead atoms. The van der Waals surface area contributed by atoms with Crippen LogP contribution in [0.15, 0.2) is 48.5 Å². The predicted molar refractivity (Wildman–Crippen MR) is 88.0 cm³/mol. The van der Waals surface area contributed by atoms with Crippen LogP contribution < -0.4 is 5.32 Å². The fourth-order valence-electron chi connectivity index (χ4n) is 2.16. The second-order valence-electron chi connectivity index (χ2n) is 4.81. The summed E-state index contributed by atoms with van der Waals surface area (Å²) in [6, 6.07) is 15.4. The summed E-state index contributed by atoms with van der Waals surface area (Å²) in [5.41, 5.74) is 2.22. The zero-order valence-electron chi connectivity index (χ0n) is 11.8. The van der Waals surface area contributed by atoms with Gasteiger partial charge in [0.15, 0.2) is 0 Å². The van der Waals surface area contributed by atoms with Crippen molar-refractivity contribution in [1.29, 1.82) is 0 Å². The highest BCUT2D eigenvalue weighted by Gasteiger charge is 2.15. The van der Waals surface area contributed by atoms with Gasteiger partial charge in [-0.25, -0.2) is 0 Å². The van der Waals surface area contributed by atoms with Gasteiger partial charge in [-0.2, -0.15) is 0 Å². The van der Waals surface area contributed by atoms with Crippen LogP contribution in [0.4, 0.5) is 0 Å². The number of hydrogen-bond acceptors (Lipinski definition) is 1. The molecule has 21 heavy (non-hydrogen) atoms. The van der Waals surface area contributed by atoms with E-state index in [1.807, 2.05) is 55.5 Å². The number of rotatable bonds is 5. The van der Waals surface area contributed by atoms with Crippen molar-refractivity contribution in [3.63, 3.8) is 0 Å². The van der Waals surface area contributed by atoms with Crippen LogP contribution in [0.25, 0.3) is 0 Å². The molecular weight excluding hydrogens is 305 g/mol. The molecule has 0 fully saturated rings. The van der Waals surface area contributed by atoms with Crippen LogP contribution in [-0.2, 0) is 4.79 Å². The van der Waals surface area contributed by atoms with Crippen molar-refractivity contribution < 1.29 is 4.79 Å². The maximum absolute atomic E-state index is 11.5. The van der Waals surface area contributed by atoms with Crippen molar-refractivity contribution >= 4 is 29.1 Å². The molecule has 0 saturated heterocycles. The molecule has 1 N–H and O–H groups in total. The van der Waals surface area contributed by atoms with E-state index < -0.39 is 0 Å². The SMILES string of the molecule is CCC(=O)NCC(c1ccc(Cl)cc1)c1ccc(Cl)cc1. The van der Waals surface area contributed by atoms with Gasteiger partial charge < -0.3 is 5.32 Å². The van der Waals surface area contributed by atoms with E-state index in [-0.39, 0.29) is 11.8 Å². The first-order valence-corrected chi connectivity index (χ1v) is 7.63. The molecule has 0 unspecified atom stereocenters. The van der Waals surface area contributed by atoms with E-state index in [1.54, 1.807) is 0 Å². The lowest BCUT2D eigenvalue weighted by Gasteiger charge is -2.19. The Kier molecular flexibility index (Phi) is 5.66. The van der Waals surface area contributed by atoms with E-state index in [2.05, 4.69) is 5.32 Å². The first-order valence-electron chi connectivity index (χ1n) is 6.87. The van der Waals surface area contributed by atoms with Gasteiger partial charge in [0.25, 0.3) is 0 Å². The van der Waals surface area contributed by atoms with Gasteiger partial charge in [0.1, 0.15) is 0 Å². The van der Waals surface area contributed by atoms with Crippen LogP contribution in [-0.4, -0.2) is 12.5 Å². The van der Waals surface area contributed by atoms with Gasteiger partial charge in [-0.3, -0.25) is 4.79 Å². The Bertz CT molecular complexity index is 548. The second kappa shape index (κ2) is 7.48. The highest BCUT2D eigenvalue weighted by molar-refractivity contribution is 6.30. The van der Waals surface area contributed by atoms with E-state index in [0.29, 0.717) is 23.0 Å². The first-order chi connectivity index (χ1) is 10.1. The monoisotopic (exact) mass is 321 g/mol. The maximum atomic E-state index is 11.5. The fraction of sp³-hybridized carbons (Fsp3) is 0.235. The molecule has 2 nitrogen and oxygen atoms in total. The van der Waals surface area contributed by atoms with Crippen LogP contribution in [0, 0.1) is 0 Å². The Balaban J connectivity index is 2.27. The summed E-state index contributed by atoms with van der Waals surface area (Å²) in [5.74, 6) is 0.123. The average Bonchev–Trinajstić information content (AvgIpc) is 2.50. The van der Waals surface area contributed by atoms with Crippen molar-refractivity contribution in [3.05, 3.63) is 69.7 Å². The summed E-state index contributed by atoms with van der Waals surface area (Å²) in [7, 11) is 0. The number of benzene rings is 2. The summed E-state index contributed by atoms with van der Waals surface area (Å²) in [4.78, 5) is 11.5. The zero-order chi connectivity index (χ0) is 15.2. The van der Waals surface area contributed by atoms with Crippen LogP contribution in [0.5, 0.6) is 0 Å². The summed E-state index contributed by atoms with van der Waals surface area (Å²) in [5, 5.41) is 4.35. The lowest BCUT2D eigenvalue weighted by Crippen LogP contribution is -2.28. The van der Waals surface area contributed by atoms with Crippen LogP contribution in [0.1, 0.15) is 30.4 Å². The van der Waals surface area contributed by atoms with E-state index >= 15 is 0 Å². The van der Waals surface area contributed by atoms with Crippen LogP contribution in [0.2, 0.25) is 10.0 Å². The molecule has 2 aromatic carbocycles. The van der Waals surface area contributed by atoms with Crippen molar-refractivity contribution in [2.45, 2.75) is 19.3 Å². The summed E-state index contributed by atoms with van der Waals surface area (Å²) in [6.07, 6.45) is 0.480. The smallest absolute Gasteiger partial charge is 0.219 e. The minimum absolute atomic E-state index is 0.0444. The third-order valence-electron chi connectivity index (χ3n) is 3.37. The Hall–Kier alpha value is -1.51. The zero-order valence-corrected chi connectivity index (χ0v) is 13.3. The van der Waals surface area contributed by atoms with Crippen molar-refractivity contribution in [1.82, 2.24) is 5.32 Å². The third-order valence-corrected chi connectivity index (χ3v) is 3.87. The maximum Gasteiger partial charge on any atom is 0.219 e. The normalized spacial score (nSPS) is 10.7. The van der Waals surface area contributed by atoms with Crippen LogP contribution in [0.3, 0.4) is 0 Å². The molecule has 4 heteroatoms. The highest BCUT2D eigenvalue weighted by atomic mass is 35.5. The molecule has 2 aromatic rings. The Morgan fingerprint density at radius 1 is 0.952 bits per heavy atom. The van der Waals surface area contributed by atoms with Gasteiger partial charge >= 0.3 is 0 Å². The summed E-state index contributed by atoms with van der Waals surface area (Å²) in [6.45, 7) is 2.39. The molecule has 0 aliphatic rings. The molecule has 1 amide bonds. The minimum atomic E-state index is 0.0444. The molecule has 0 aliphatic carbocycles. The van der Waals surface area contributed by atoms with Crippen molar-refractivity contribution in [3.8, 4) is 0 Å². The largest absolute Gasteiger partial charge is 0.355 e. The van der Waals surface area contributed by atoms with E-state index in [9.17, 15) is 4.79 Å². The number of hydrogen-bond donors (Lipinski definition) is 1. The average molecular weight is 322 g/mol. The molecule has 0 aromatic heterocycles. The molecule has 0 spiro atoms. The van der Waals surface area contributed by atoms with Crippen LogP contribution >= 0.6 is 23.2 Å². The lowest BCUT2D eigenvalue weighted by atomic mass is 9.91. The van der Waals surface area contributed by atoms with E-state index in [4.69, 9.17) is 23.2 Å². The van der Waals surface area contributed by atoms with E-state index in [0.717, 1.165) is 11.1 Å². The summed E-state index contributed by atoms with van der Waals surface area (Å²) >= 11 is 11.9. The topological polar surface area (TPSA) is 29.1 Å². The van der Waals surface area contributed by atoms with Crippen molar-refractivity contribution in [2.24, 2.45) is 0 Å². The first kappa shape index (κ1) is 15.9.